The maximum atomic E-state index is 12.7. The lowest BCUT2D eigenvalue weighted by Gasteiger charge is -2.19. The highest BCUT2D eigenvalue weighted by Gasteiger charge is 2.26. The average Bonchev–Trinajstić information content (AvgIpc) is 3.40. The summed E-state index contributed by atoms with van der Waals surface area (Å²) in [6, 6.07) is 0. The van der Waals surface area contributed by atoms with Gasteiger partial charge in [-0.2, -0.15) is 0 Å². The van der Waals surface area contributed by atoms with Crippen molar-refractivity contribution in [2.24, 2.45) is 5.73 Å². The monoisotopic (exact) mass is 1070 g/mol. The van der Waals surface area contributed by atoms with E-state index >= 15 is 0 Å². The van der Waals surface area contributed by atoms with Gasteiger partial charge in [0, 0.05) is 19.4 Å². The Hall–Kier alpha value is -2.55. The number of carbonyl (C=O) groups excluding carboxylic acids is 2. The van der Waals surface area contributed by atoms with Crippen LogP contribution >= 0.6 is 7.82 Å². The molecule has 0 aliphatic carbocycles. The molecule has 0 bridgehead atoms. The zero-order valence-electron chi connectivity index (χ0n) is 48.8. The van der Waals surface area contributed by atoms with Gasteiger partial charge in [-0.05, 0) is 83.5 Å². The Balaban J connectivity index is 3.81. The second kappa shape index (κ2) is 60.7. The number of allylic oxidation sites excluding steroid dienone is 12. The van der Waals surface area contributed by atoms with Gasteiger partial charge in [0.1, 0.15) is 6.61 Å². The molecule has 10 heteroatoms. The highest BCUT2D eigenvalue weighted by Crippen LogP contribution is 2.43. The molecule has 0 aliphatic heterocycles. The van der Waals surface area contributed by atoms with Crippen LogP contribution in [-0.2, 0) is 32.7 Å². The van der Waals surface area contributed by atoms with Crippen LogP contribution < -0.4 is 5.73 Å². The molecule has 0 aliphatic rings. The van der Waals surface area contributed by atoms with Crippen molar-refractivity contribution >= 4 is 19.8 Å². The van der Waals surface area contributed by atoms with E-state index in [4.69, 9.17) is 24.3 Å². The zero-order valence-corrected chi connectivity index (χ0v) is 49.7. The fourth-order valence-electron chi connectivity index (χ4n) is 8.95. The Labute approximate surface area is 462 Å². The number of phosphoric ester groups is 1. The lowest BCUT2D eigenvalue weighted by atomic mass is 10.0. The SMILES string of the molecule is CC/C=C\C/C=C\C/C=C\C/C=C\CCCCCCCCCCCCCCCCCCCCCCCCCCC(=O)OC(COC(=O)CCCCCCCCC/C=C\C/C=C\CCCCC)COP(=O)(O)OCCN. The van der Waals surface area contributed by atoms with Crippen molar-refractivity contribution in [3.8, 4) is 0 Å². The van der Waals surface area contributed by atoms with E-state index in [1.165, 1.54) is 186 Å². The molecule has 0 spiro atoms. The van der Waals surface area contributed by atoms with E-state index < -0.39 is 26.5 Å². The number of rotatable bonds is 59. The summed E-state index contributed by atoms with van der Waals surface area (Å²) in [6.45, 7) is 3.63. The molecule has 0 aromatic rings. The maximum absolute atomic E-state index is 12.7. The first-order valence-electron chi connectivity index (χ1n) is 31.4. The molecule has 0 heterocycles. The molecule has 9 nitrogen and oxygen atoms in total. The Morgan fingerprint density at radius 1 is 0.413 bits per heavy atom. The Bertz CT molecular complexity index is 1460. The first kappa shape index (κ1) is 72.5. The van der Waals surface area contributed by atoms with Gasteiger partial charge in [0.05, 0.1) is 13.2 Å². The summed E-state index contributed by atoms with van der Waals surface area (Å²) in [5, 5.41) is 0. The second-order valence-corrected chi connectivity index (χ2v) is 22.3. The number of hydrogen-bond donors (Lipinski definition) is 2. The lowest BCUT2D eigenvalue weighted by Crippen LogP contribution is -2.29. The van der Waals surface area contributed by atoms with Crippen molar-refractivity contribution in [3.05, 3.63) is 72.9 Å². The van der Waals surface area contributed by atoms with Gasteiger partial charge in [0.25, 0.3) is 0 Å². The van der Waals surface area contributed by atoms with E-state index in [-0.39, 0.29) is 38.6 Å². The number of ether oxygens (including phenoxy) is 2. The van der Waals surface area contributed by atoms with E-state index in [9.17, 15) is 19.0 Å². The van der Waals surface area contributed by atoms with Gasteiger partial charge in [-0.15, -0.1) is 0 Å². The third-order valence-corrected chi connectivity index (χ3v) is 14.6. The normalized spacial score (nSPS) is 13.5. The molecule has 436 valence electrons. The molecule has 0 amide bonds. The van der Waals surface area contributed by atoms with Crippen LogP contribution in [0.2, 0.25) is 0 Å². The predicted molar refractivity (Wildman–Crippen MR) is 321 cm³/mol. The van der Waals surface area contributed by atoms with Crippen LogP contribution in [0.15, 0.2) is 72.9 Å². The molecule has 0 aromatic carbocycles. The van der Waals surface area contributed by atoms with Crippen molar-refractivity contribution in [1.82, 2.24) is 0 Å². The van der Waals surface area contributed by atoms with Gasteiger partial charge in [0.15, 0.2) is 6.10 Å². The quantitative estimate of drug-likeness (QED) is 0.0264. The number of nitrogens with two attached hydrogens (primary N) is 1. The smallest absolute Gasteiger partial charge is 0.462 e. The molecule has 0 saturated carbocycles. The maximum Gasteiger partial charge on any atom is 0.472 e. The topological polar surface area (TPSA) is 134 Å². The van der Waals surface area contributed by atoms with E-state index in [1.54, 1.807) is 0 Å². The minimum Gasteiger partial charge on any atom is -0.462 e. The number of hydrogen-bond acceptors (Lipinski definition) is 8. The predicted octanol–water partition coefficient (Wildman–Crippen LogP) is 20.1. The molecular weight excluding hydrogens is 954 g/mol. The van der Waals surface area contributed by atoms with Gasteiger partial charge >= 0.3 is 19.8 Å². The lowest BCUT2D eigenvalue weighted by molar-refractivity contribution is -0.161. The minimum absolute atomic E-state index is 0.0520. The second-order valence-electron chi connectivity index (χ2n) is 20.9. The third-order valence-electron chi connectivity index (χ3n) is 13.6. The highest BCUT2D eigenvalue weighted by atomic mass is 31.2. The average molecular weight is 1070 g/mol. The van der Waals surface area contributed by atoms with Crippen LogP contribution in [-0.4, -0.2) is 49.3 Å². The molecule has 3 N–H and O–H groups in total. The fourth-order valence-corrected chi connectivity index (χ4v) is 9.72. The van der Waals surface area contributed by atoms with Crippen LogP contribution in [0.5, 0.6) is 0 Å². The number of phosphoric acid groups is 1. The summed E-state index contributed by atoms with van der Waals surface area (Å²) < 4.78 is 33.0. The molecule has 0 fully saturated rings. The van der Waals surface area contributed by atoms with Gasteiger partial charge in [0.2, 0.25) is 0 Å². The molecule has 0 aromatic heterocycles. The first-order chi connectivity index (χ1) is 36.8. The third kappa shape index (κ3) is 60.5. The van der Waals surface area contributed by atoms with Crippen molar-refractivity contribution in [2.75, 3.05) is 26.4 Å². The summed E-state index contributed by atoms with van der Waals surface area (Å²) in [6.07, 6.45) is 78.4. The molecule has 2 atom stereocenters. The number of carbonyl (C=O) groups is 2. The van der Waals surface area contributed by atoms with Crippen LogP contribution in [0.25, 0.3) is 0 Å². The van der Waals surface area contributed by atoms with Gasteiger partial charge in [-0.1, -0.05) is 273 Å². The molecule has 0 rings (SSSR count). The van der Waals surface area contributed by atoms with Crippen molar-refractivity contribution in [3.63, 3.8) is 0 Å². The summed E-state index contributed by atoms with van der Waals surface area (Å²) in [7, 11) is -4.39. The van der Waals surface area contributed by atoms with Crippen LogP contribution in [0, 0.1) is 0 Å². The van der Waals surface area contributed by atoms with E-state index in [0.29, 0.717) is 6.42 Å². The molecule has 75 heavy (non-hydrogen) atoms. The summed E-state index contributed by atoms with van der Waals surface area (Å²) in [5.74, 6) is -0.826. The van der Waals surface area contributed by atoms with Crippen LogP contribution in [0.1, 0.15) is 296 Å². The fraction of sp³-hybridized carbons (Fsp3) is 0.785. The van der Waals surface area contributed by atoms with Crippen molar-refractivity contribution in [1.29, 1.82) is 0 Å². The Morgan fingerprint density at radius 3 is 1.09 bits per heavy atom. The van der Waals surface area contributed by atoms with E-state index in [1.807, 2.05) is 0 Å². The van der Waals surface area contributed by atoms with Crippen LogP contribution in [0.4, 0.5) is 0 Å². The minimum atomic E-state index is -4.39. The summed E-state index contributed by atoms with van der Waals surface area (Å²) >= 11 is 0. The van der Waals surface area contributed by atoms with Gasteiger partial charge < -0.3 is 20.1 Å². The van der Waals surface area contributed by atoms with Gasteiger partial charge in [-0.3, -0.25) is 18.6 Å². The Morgan fingerprint density at radius 2 is 0.733 bits per heavy atom. The largest absolute Gasteiger partial charge is 0.472 e. The summed E-state index contributed by atoms with van der Waals surface area (Å²) in [5.41, 5.74) is 5.38. The highest BCUT2D eigenvalue weighted by molar-refractivity contribution is 7.47. The van der Waals surface area contributed by atoms with E-state index in [0.717, 1.165) is 77.0 Å². The number of unbranched alkanes of at least 4 members (excludes halogenated alkanes) is 34. The van der Waals surface area contributed by atoms with E-state index in [2.05, 4.69) is 86.8 Å². The first-order valence-corrected chi connectivity index (χ1v) is 32.9. The standard InChI is InChI=1S/C65H118NO8P/c1-3-5-7-9-11-13-15-17-19-21-22-23-24-25-26-27-28-29-30-31-32-33-34-35-36-37-38-39-40-42-44-46-48-50-52-54-56-58-65(68)74-63(62-73-75(69,70)72-60-59-66)61-71-64(67)57-55-53-51-49-47-45-43-41-20-18-16-14-12-10-8-6-4-2/h5,7,11-14,17-20,22-23,63H,3-4,6,8-10,15-16,21,24-62,66H2,1-2H3,(H,69,70)/b7-5-,13-11-,14-12-,19-17-,20-18-,23-22-. The van der Waals surface area contributed by atoms with Crippen LogP contribution in [0.3, 0.4) is 0 Å². The van der Waals surface area contributed by atoms with Crippen molar-refractivity contribution < 1.29 is 37.6 Å². The molecule has 0 radical (unpaired) electrons. The molecule has 0 saturated heterocycles. The van der Waals surface area contributed by atoms with Gasteiger partial charge in [-0.25, -0.2) is 4.57 Å². The summed E-state index contributed by atoms with van der Waals surface area (Å²) in [4.78, 5) is 35.2. The zero-order chi connectivity index (χ0) is 54.5. The van der Waals surface area contributed by atoms with Crippen molar-refractivity contribution in [2.45, 2.75) is 302 Å². The molecular formula is C65H118NO8P. The molecule has 2 unspecified atom stereocenters. The number of esters is 2. The Kier molecular flexibility index (Phi) is 58.6.